The Balaban J connectivity index is 3.72. The molecule has 0 bridgehead atoms. The third-order valence-corrected chi connectivity index (χ3v) is 1.51. The lowest BCUT2D eigenvalue weighted by molar-refractivity contribution is -0.167. The van der Waals surface area contributed by atoms with Crippen molar-refractivity contribution >= 4 is 5.97 Å². The van der Waals surface area contributed by atoms with Crippen LogP contribution in [0.3, 0.4) is 0 Å². The van der Waals surface area contributed by atoms with Crippen LogP contribution in [-0.2, 0) is 14.3 Å². The molecule has 15 heavy (non-hydrogen) atoms. The predicted octanol–water partition coefficient (Wildman–Crippen LogP) is 2.74. The molecule has 0 heterocycles. The summed E-state index contributed by atoms with van der Waals surface area (Å²) in [7, 11) is 0. The molecule has 0 radical (unpaired) electrons. The minimum Gasteiger partial charge on any atom is -0.460 e. The average Bonchev–Trinajstić information content (AvgIpc) is 1.96. The molecule has 0 aromatic rings. The maximum absolute atomic E-state index is 11.7. The molecule has 0 fully saturated rings. The van der Waals surface area contributed by atoms with Crippen LogP contribution in [0.5, 0.6) is 0 Å². The van der Waals surface area contributed by atoms with E-state index in [1.165, 1.54) is 6.92 Å². The number of carbonyl (C=O) groups excluding carboxylic acids is 1. The van der Waals surface area contributed by atoms with E-state index in [1.807, 2.05) is 0 Å². The predicted molar refractivity (Wildman–Crippen MR) is 51.6 cm³/mol. The largest absolute Gasteiger partial charge is 0.460 e. The average molecular weight is 224 g/mol. The first-order valence-corrected chi connectivity index (χ1v) is 4.86. The molecule has 0 rings (SSSR count). The Morgan fingerprint density at radius 2 is 1.87 bits per heavy atom. The smallest absolute Gasteiger partial charge is 0.345 e. The van der Waals surface area contributed by atoms with Gasteiger partial charge < -0.3 is 9.47 Å². The van der Waals surface area contributed by atoms with Gasteiger partial charge in [0.1, 0.15) is 5.60 Å². The monoisotopic (exact) mass is 224 g/mol. The van der Waals surface area contributed by atoms with Crippen molar-refractivity contribution in [3.8, 4) is 0 Å². The molecule has 3 nitrogen and oxygen atoms in total. The number of esters is 1. The second-order valence-electron chi connectivity index (χ2n) is 4.33. The van der Waals surface area contributed by atoms with Gasteiger partial charge in [0.05, 0.1) is 6.10 Å². The number of rotatable bonds is 5. The van der Waals surface area contributed by atoms with E-state index in [1.54, 1.807) is 20.8 Å². The van der Waals surface area contributed by atoms with Crippen LogP contribution in [0.25, 0.3) is 0 Å². The molecule has 5 heteroatoms. The fourth-order valence-corrected chi connectivity index (χ4v) is 0.957. The lowest BCUT2D eigenvalue weighted by Gasteiger charge is -2.20. The zero-order chi connectivity index (χ0) is 12.1. The Hall–Kier alpha value is -0.710. The van der Waals surface area contributed by atoms with Crippen LogP contribution in [0.1, 0.15) is 40.5 Å². The molecular formula is C10H18F2O3. The fraction of sp³-hybridized carbons (Fsp3) is 0.900. The van der Waals surface area contributed by atoms with Gasteiger partial charge in [-0.3, -0.25) is 4.79 Å². The molecule has 0 spiro atoms. The number of carbonyl (C=O) groups is 1. The van der Waals surface area contributed by atoms with Gasteiger partial charge in [0.15, 0.2) is 0 Å². The van der Waals surface area contributed by atoms with E-state index in [9.17, 15) is 13.6 Å². The quantitative estimate of drug-likeness (QED) is 0.673. The molecule has 0 aliphatic rings. The number of hydrogen-bond acceptors (Lipinski definition) is 3. The highest BCUT2D eigenvalue weighted by Gasteiger charge is 2.17. The summed E-state index contributed by atoms with van der Waals surface area (Å²) in [6.07, 6.45) is -0.317. The topological polar surface area (TPSA) is 35.5 Å². The number of halogens is 2. The first-order chi connectivity index (χ1) is 6.70. The van der Waals surface area contributed by atoms with Crippen molar-refractivity contribution < 1.29 is 23.0 Å². The van der Waals surface area contributed by atoms with Crippen molar-refractivity contribution in [1.29, 1.82) is 0 Å². The highest BCUT2D eigenvalue weighted by atomic mass is 19.3. The van der Waals surface area contributed by atoms with E-state index in [0.29, 0.717) is 0 Å². The third-order valence-electron chi connectivity index (χ3n) is 1.51. The van der Waals surface area contributed by atoms with Crippen LogP contribution < -0.4 is 0 Å². The van der Waals surface area contributed by atoms with Gasteiger partial charge in [0, 0.05) is 6.42 Å². The number of hydrogen-bond donors (Lipinski definition) is 0. The number of ether oxygens (including phenoxy) is 2. The Kier molecular flexibility index (Phi) is 5.72. The van der Waals surface area contributed by atoms with Gasteiger partial charge in [-0.15, -0.1) is 0 Å². The molecule has 0 aliphatic carbocycles. The molecule has 0 N–H and O–H groups in total. The molecule has 0 saturated carbocycles. The van der Waals surface area contributed by atoms with Crippen LogP contribution in [0.2, 0.25) is 0 Å². The lowest BCUT2D eigenvalue weighted by Crippen LogP contribution is -2.24. The second-order valence-corrected chi connectivity index (χ2v) is 4.33. The Labute approximate surface area is 88.7 Å². The molecule has 0 amide bonds. The Morgan fingerprint density at radius 3 is 2.27 bits per heavy atom. The first-order valence-electron chi connectivity index (χ1n) is 4.86. The third kappa shape index (κ3) is 9.59. The van der Waals surface area contributed by atoms with Crippen molar-refractivity contribution in [3.63, 3.8) is 0 Å². The zero-order valence-electron chi connectivity index (χ0n) is 9.55. The standard InChI is InChI=1S/C10H18F2O3/c1-7(14-9(11)12)5-6-8(13)15-10(2,3)4/h7,9H,5-6H2,1-4H3/t7-/m0/s1. The van der Waals surface area contributed by atoms with Crippen LogP contribution in [-0.4, -0.2) is 24.3 Å². The van der Waals surface area contributed by atoms with Crippen molar-refractivity contribution in [1.82, 2.24) is 0 Å². The second kappa shape index (κ2) is 6.00. The van der Waals surface area contributed by atoms with Gasteiger partial charge in [-0.2, -0.15) is 8.78 Å². The van der Waals surface area contributed by atoms with Gasteiger partial charge in [-0.25, -0.2) is 0 Å². The highest BCUT2D eigenvalue weighted by molar-refractivity contribution is 5.69. The van der Waals surface area contributed by atoms with Gasteiger partial charge in [0.25, 0.3) is 0 Å². The van der Waals surface area contributed by atoms with Crippen LogP contribution in [0.15, 0.2) is 0 Å². The van der Waals surface area contributed by atoms with Crippen molar-refractivity contribution in [2.75, 3.05) is 0 Å². The summed E-state index contributed by atoms with van der Waals surface area (Å²) < 4.78 is 32.7. The first kappa shape index (κ1) is 14.3. The van der Waals surface area contributed by atoms with Crippen LogP contribution >= 0.6 is 0 Å². The molecule has 1 atom stereocenters. The van der Waals surface area contributed by atoms with E-state index < -0.39 is 24.3 Å². The lowest BCUT2D eigenvalue weighted by atomic mass is 10.2. The summed E-state index contributed by atoms with van der Waals surface area (Å²) in [5, 5.41) is 0. The van der Waals surface area contributed by atoms with Gasteiger partial charge >= 0.3 is 12.6 Å². The van der Waals surface area contributed by atoms with E-state index in [0.717, 1.165) is 0 Å². The summed E-state index contributed by atoms with van der Waals surface area (Å²) in [6, 6.07) is 0. The van der Waals surface area contributed by atoms with E-state index in [-0.39, 0.29) is 12.8 Å². The van der Waals surface area contributed by atoms with Gasteiger partial charge in [-0.1, -0.05) is 0 Å². The molecule has 0 aliphatic heterocycles. The molecule has 0 saturated heterocycles. The maximum atomic E-state index is 11.7. The maximum Gasteiger partial charge on any atom is 0.345 e. The number of alkyl halides is 2. The highest BCUT2D eigenvalue weighted by Crippen LogP contribution is 2.12. The van der Waals surface area contributed by atoms with Gasteiger partial charge in [-0.05, 0) is 34.1 Å². The van der Waals surface area contributed by atoms with E-state index in [4.69, 9.17) is 4.74 Å². The normalized spacial score (nSPS) is 14.1. The molecular weight excluding hydrogens is 206 g/mol. The van der Waals surface area contributed by atoms with Crippen molar-refractivity contribution in [3.05, 3.63) is 0 Å². The Bertz CT molecular complexity index is 199. The molecule has 90 valence electrons. The summed E-state index contributed by atoms with van der Waals surface area (Å²) in [4.78, 5) is 11.2. The van der Waals surface area contributed by atoms with Gasteiger partial charge in [0.2, 0.25) is 0 Å². The summed E-state index contributed by atoms with van der Waals surface area (Å²) in [6.45, 7) is 3.97. The summed E-state index contributed by atoms with van der Waals surface area (Å²) in [5.74, 6) is -0.396. The van der Waals surface area contributed by atoms with E-state index >= 15 is 0 Å². The Morgan fingerprint density at radius 1 is 1.33 bits per heavy atom. The molecule has 0 aromatic carbocycles. The zero-order valence-corrected chi connectivity index (χ0v) is 9.55. The van der Waals surface area contributed by atoms with Crippen LogP contribution in [0.4, 0.5) is 8.78 Å². The minimum absolute atomic E-state index is 0.0884. The molecule has 0 aromatic heterocycles. The summed E-state index contributed by atoms with van der Waals surface area (Å²) in [5.41, 5.74) is -0.538. The molecule has 0 unspecified atom stereocenters. The summed E-state index contributed by atoms with van der Waals surface area (Å²) >= 11 is 0. The minimum atomic E-state index is -2.79. The van der Waals surface area contributed by atoms with Crippen molar-refractivity contribution in [2.45, 2.75) is 58.9 Å². The van der Waals surface area contributed by atoms with Crippen molar-refractivity contribution in [2.24, 2.45) is 0 Å². The fourth-order valence-electron chi connectivity index (χ4n) is 0.957. The van der Waals surface area contributed by atoms with Crippen LogP contribution in [0, 0.1) is 0 Å². The van der Waals surface area contributed by atoms with E-state index in [2.05, 4.69) is 4.74 Å². The SMILES string of the molecule is C[C@@H](CCC(=O)OC(C)(C)C)OC(F)F.